The summed E-state index contributed by atoms with van der Waals surface area (Å²) in [7, 11) is 0. The first-order valence-electron chi connectivity index (χ1n) is 25.1. The van der Waals surface area contributed by atoms with Crippen molar-refractivity contribution in [2.45, 2.75) is 189 Å². The van der Waals surface area contributed by atoms with Crippen LogP contribution in [0, 0.1) is 6.92 Å². The lowest BCUT2D eigenvalue weighted by Crippen LogP contribution is -2.10. The lowest BCUT2D eigenvalue weighted by molar-refractivity contribution is 0.795. The molecule has 0 saturated carbocycles. The highest BCUT2D eigenvalue weighted by molar-refractivity contribution is 8.04. The van der Waals surface area contributed by atoms with Crippen molar-refractivity contribution in [1.29, 1.82) is 0 Å². The van der Waals surface area contributed by atoms with Crippen LogP contribution in [0.4, 0.5) is 0 Å². The minimum atomic E-state index is 0.174. The van der Waals surface area contributed by atoms with E-state index in [9.17, 15) is 0 Å². The molecular formula is C65H80S6. The highest BCUT2D eigenvalue weighted by atomic mass is 32.2. The Balaban J connectivity index is 0.000000175. The summed E-state index contributed by atoms with van der Waals surface area (Å²) in [6.07, 6.45) is 0. The van der Waals surface area contributed by atoms with Gasteiger partial charge in [0, 0.05) is 68.6 Å². The van der Waals surface area contributed by atoms with Crippen LogP contribution < -0.4 is 0 Å². The molecule has 0 saturated heterocycles. The second-order valence-electron chi connectivity index (χ2n) is 24.3. The van der Waals surface area contributed by atoms with Crippen molar-refractivity contribution in [3.63, 3.8) is 0 Å². The van der Waals surface area contributed by atoms with E-state index in [0.29, 0.717) is 0 Å². The van der Waals surface area contributed by atoms with Crippen LogP contribution in [-0.4, -0.2) is 28.5 Å². The smallest absolute Gasteiger partial charge is 0.0298 e. The Morgan fingerprint density at radius 3 is 1.13 bits per heavy atom. The molecule has 0 radical (unpaired) electrons. The van der Waals surface area contributed by atoms with Crippen LogP contribution in [0.25, 0.3) is 54.2 Å². The normalized spacial score (nSPS) is 12.8. The highest BCUT2D eigenvalue weighted by Gasteiger charge is 2.25. The topological polar surface area (TPSA) is 0 Å². The molecule has 0 aliphatic heterocycles. The van der Waals surface area contributed by atoms with Gasteiger partial charge in [-0.1, -0.05) is 252 Å². The average Bonchev–Trinajstić information content (AvgIpc) is 3.23. The van der Waals surface area contributed by atoms with Gasteiger partial charge in [0.15, 0.2) is 0 Å². The molecule has 0 aliphatic carbocycles. The molecule has 0 spiro atoms. The van der Waals surface area contributed by atoms with Crippen LogP contribution >= 0.6 is 70.6 Å². The zero-order chi connectivity index (χ0) is 52.3. The van der Waals surface area contributed by atoms with E-state index in [4.69, 9.17) is 0 Å². The van der Waals surface area contributed by atoms with E-state index in [-0.39, 0.29) is 28.5 Å². The number of rotatable bonds is 7. The second-order valence-corrected chi connectivity index (χ2v) is 35.5. The third kappa shape index (κ3) is 17.0. The zero-order valence-electron chi connectivity index (χ0n) is 46.2. The molecule has 71 heavy (non-hydrogen) atoms. The Hall–Kier alpha value is -3.10. The molecule has 0 N–H and O–H groups in total. The summed E-state index contributed by atoms with van der Waals surface area (Å²) in [5, 5.41) is 10.9. The maximum absolute atomic E-state index is 2.34. The standard InChI is InChI=1S/C23H28S2.C22H26S2.C20H26S2/c1-15-8-9-16-10-11-17-12-13-19(24-22(2,3)4)21(25-23(5,6)7)20(17)18(16)14-15;1-21(2,3)23-18-14-13-16-12-11-15-9-7-8-10-17(15)19(16)20(18)24-22(4,5)6;1-19(2,3)21-17-14-10-13-16(15-11-8-7-9-12-15)18(17)22-20(4,5)6/h8-14H,1-7H3;7-14H,1-6H3;7-14H,1-6H3. The van der Waals surface area contributed by atoms with E-state index in [1.807, 2.05) is 70.6 Å². The summed E-state index contributed by atoms with van der Waals surface area (Å²) in [5.74, 6) is 0. The molecule has 0 unspecified atom stereocenters. The molecule has 0 aromatic heterocycles. The fourth-order valence-corrected chi connectivity index (χ4v) is 15.1. The maximum atomic E-state index is 2.34. The molecule has 0 bridgehead atoms. The fourth-order valence-electron chi connectivity index (χ4n) is 8.07. The molecule has 8 aromatic rings. The van der Waals surface area contributed by atoms with Crippen LogP contribution in [-0.2, 0) is 0 Å². The third-order valence-electron chi connectivity index (χ3n) is 10.4. The Bertz CT molecular complexity index is 3090. The third-order valence-corrected chi connectivity index (χ3v) is 18.1. The van der Waals surface area contributed by atoms with Crippen LogP contribution in [0.3, 0.4) is 0 Å². The first kappa shape index (κ1) is 57.2. The Morgan fingerprint density at radius 1 is 0.282 bits per heavy atom. The predicted molar refractivity (Wildman–Crippen MR) is 333 cm³/mol. The number of hydrogen-bond acceptors (Lipinski definition) is 6. The second kappa shape index (κ2) is 22.8. The van der Waals surface area contributed by atoms with Crippen molar-refractivity contribution in [2.75, 3.05) is 0 Å². The van der Waals surface area contributed by atoms with Crippen molar-refractivity contribution >= 4 is 114 Å². The van der Waals surface area contributed by atoms with Gasteiger partial charge < -0.3 is 0 Å². The summed E-state index contributed by atoms with van der Waals surface area (Å²) >= 11 is 11.9. The Kier molecular flexibility index (Phi) is 18.4. The van der Waals surface area contributed by atoms with Crippen LogP contribution in [0.15, 0.2) is 169 Å². The predicted octanol–water partition coefficient (Wildman–Crippen LogP) is 23.0. The first-order valence-corrected chi connectivity index (χ1v) is 30.0. The van der Waals surface area contributed by atoms with E-state index in [0.717, 1.165) is 0 Å². The molecule has 8 rings (SSSR count). The van der Waals surface area contributed by atoms with Gasteiger partial charge in [-0.25, -0.2) is 0 Å². The van der Waals surface area contributed by atoms with Gasteiger partial charge in [-0.15, -0.1) is 70.6 Å². The quantitative estimate of drug-likeness (QED) is 0.114. The minimum absolute atomic E-state index is 0.174. The SMILES string of the molecule is CC(C)(C)Sc1ccc2ccc3ccccc3c2c1SC(C)(C)C.CC(C)(C)Sc1cccc(-c2ccccc2)c1SC(C)(C)C.Cc1ccc2ccc3ccc(SC(C)(C)C)c(SC(C)(C)C)c3c2c1. The Morgan fingerprint density at radius 2 is 0.648 bits per heavy atom. The number of hydrogen-bond donors (Lipinski definition) is 0. The van der Waals surface area contributed by atoms with Crippen molar-refractivity contribution in [3.8, 4) is 11.1 Å². The molecular weight excluding hydrogens is 973 g/mol. The Labute approximate surface area is 455 Å². The van der Waals surface area contributed by atoms with Crippen LogP contribution in [0.5, 0.6) is 0 Å². The van der Waals surface area contributed by atoms with Gasteiger partial charge in [0.05, 0.1) is 0 Å². The van der Waals surface area contributed by atoms with Crippen LogP contribution in [0.2, 0.25) is 0 Å². The van der Waals surface area contributed by atoms with E-state index in [2.05, 4.69) is 271 Å². The lowest BCUT2D eigenvalue weighted by Gasteiger charge is -2.25. The van der Waals surface area contributed by atoms with Gasteiger partial charge in [-0.3, -0.25) is 0 Å². The molecule has 8 aromatic carbocycles. The summed E-state index contributed by atoms with van der Waals surface area (Å²) < 4.78 is 1.15. The number of aryl methyl sites for hydroxylation is 1. The number of benzene rings is 8. The molecule has 0 atom stereocenters. The maximum Gasteiger partial charge on any atom is 0.0298 e. The van der Waals surface area contributed by atoms with Crippen molar-refractivity contribution in [1.82, 2.24) is 0 Å². The van der Waals surface area contributed by atoms with Gasteiger partial charge >= 0.3 is 0 Å². The van der Waals surface area contributed by atoms with Crippen molar-refractivity contribution in [3.05, 3.63) is 145 Å². The van der Waals surface area contributed by atoms with E-state index in [1.54, 1.807) is 0 Å². The van der Waals surface area contributed by atoms with Gasteiger partial charge in [0.2, 0.25) is 0 Å². The van der Waals surface area contributed by atoms with Gasteiger partial charge in [-0.05, 0) is 68.6 Å². The zero-order valence-corrected chi connectivity index (χ0v) is 51.1. The highest BCUT2D eigenvalue weighted by Crippen LogP contribution is 2.50. The number of fused-ring (bicyclic) bond motifs is 6. The largest absolute Gasteiger partial charge is 0.119 e. The van der Waals surface area contributed by atoms with Crippen LogP contribution in [0.1, 0.15) is 130 Å². The summed E-state index contributed by atoms with van der Waals surface area (Å²) in [6.45, 7) is 43.4. The van der Waals surface area contributed by atoms with Gasteiger partial charge in [0.25, 0.3) is 0 Å². The molecule has 6 heteroatoms. The molecule has 0 amide bonds. The molecule has 0 aliphatic rings. The van der Waals surface area contributed by atoms with Gasteiger partial charge in [0.1, 0.15) is 0 Å². The van der Waals surface area contributed by atoms with E-state index in [1.165, 1.54) is 89.2 Å². The molecule has 0 heterocycles. The van der Waals surface area contributed by atoms with Crippen molar-refractivity contribution in [2.24, 2.45) is 0 Å². The summed E-state index contributed by atoms with van der Waals surface area (Å²) in [6, 6.07) is 51.2. The molecule has 0 nitrogen and oxygen atoms in total. The monoisotopic (exact) mass is 1050 g/mol. The summed E-state index contributed by atoms with van der Waals surface area (Å²) in [5.41, 5.74) is 3.96. The molecule has 0 fully saturated rings. The number of thioether (sulfide) groups is 6. The summed E-state index contributed by atoms with van der Waals surface area (Å²) in [4.78, 5) is 8.44. The van der Waals surface area contributed by atoms with E-state index < -0.39 is 0 Å². The first-order chi connectivity index (χ1) is 32.8. The van der Waals surface area contributed by atoms with Gasteiger partial charge in [-0.2, -0.15) is 0 Å². The van der Waals surface area contributed by atoms with E-state index >= 15 is 0 Å². The average molecular weight is 1050 g/mol. The molecule has 376 valence electrons. The minimum Gasteiger partial charge on any atom is -0.119 e. The van der Waals surface area contributed by atoms with Crippen molar-refractivity contribution < 1.29 is 0 Å². The fraction of sp³-hybridized carbons (Fsp3) is 0.385. The lowest BCUT2D eigenvalue weighted by atomic mass is 10.0.